The highest BCUT2D eigenvalue weighted by Gasteiger charge is 2.07. The minimum atomic E-state index is 0.577. The second-order valence-electron chi connectivity index (χ2n) is 3.92. The van der Waals surface area contributed by atoms with E-state index in [0.717, 1.165) is 29.9 Å². The number of hydrogen-bond acceptors (Lipinski definition) is 4. The van der Waals surface area contributed by atoms with Gasteiger partial charge >= 0.3 is 0 Å². The smallest absolute Gasteiger partial charge is 0.128 e. The first-order valence-corrected chi connectivity index (χ1v) is 5.68. The summed E-state index contributed by atoms with van der Waals surface area (Å²) in [5.41, 5.74) is 14.6. The standard InChI is InChI=1S/C13H16N4/c1-2-4-12-16-8-7-11(17-12)9-5-3-6-10(14)13(9)15/h3,5-8H,2,4,14-15H2,1H3. The van der Waals surface area contributed by atoms with E-state index in [1.807, 2.05) is 18.2 Å². The Bertz CT molecular complexity index is 523. The predicted octanol–water partition coefficient (Wildman–Crippen LogP) is 2.26. The molecule has 0 saturated carbocycles. The Kier molecular flexibility index (Phi) is 3.23. The molecule has 0 aliphatic rings. The van der Waals surface area contributed by atoms with Crippen LogP contribution in [0.4, 0.5) is 11.4 Å². The Labute approximate surface area is 101 Å². The van der Waals surface area contributed by atoms with Gasteiger partial charge in [0.15, 0.2) is 0 Å². The van der Waals surface area contributed by atoms with Gasteiger partial charge in [-0.05, 0) is 18.6 Å². The van der Waals surface area contributed by atoms with Crippen LogP contribution in [0.5, 0.6) is 0 Å². The van der Waals surface area contributed by atoms with Crippen molar-refractivity contribution >= 4 is 11.4 Å². The van der Waals surface area contributed by atoms with Crippen molar-refractivity contribution in [3.8, 4) is 11.3 Å². The van der Waals surface area contributed by atoms with E-state index >= 15 is 0 Å². The number of rotatable bonds is 3. The van der Waals surface area contributed by atoms with Gasteiger partial charge < -0.3 is 11.5 Å². The van der Waals surface area contributed by atoms with E-state index in [1.54, 1.807) is 12.3 Å². The molecule has 0 spiro atoms. The van der Waals surface area contributed by atoms with Gasteiger partial charge in [-0.2, -0.15) is 0 Å². The van der Waals surface area contributed by atoms with E-state index in [9.17, 15) is 0 Å². The van der Waals surface area contributed by atoms with Crippen LogP contribution < -0.4 is 11.5 Å². The normalized spacial score (nSPS) is 10.4. The van der Waals surface area contributed by atoms with Crippen molar-refractivity contribution in [2.45, 2.75) is 19.8 Å². The summed E-state index contributed by atoms with van der Waals surface area (Å²) < 4.78 is 0. The summed E-state index contributed by atoms with van der Waals surface area (Å²) in [5.74, 6) is 0.840. The summed E-state index contributed by atoms with van der Waals surface area (Å²) in [5, 5.41) is 0. The maximum absolute atomic E-state index is 5.95. The van der Waals surface area contributed by atoms with Crippen LogP contribution in [0.15, 0.2) is 30.5 Å². The fourth-order valence-electron chi connectivity index (χ4n) is 1.70. The Balaban J connectivity index is 2.45. The number of nitrogen functional groups attached to an aromatic ring is 2. The SMILES string of the molecule is CCCc1nccc(-c2cccc(N)c2N)n1. The van der Waals surface area contributed by atoms with Crippen molar-refractivity contribution in [1.29, 1.82) is 0 Å². The van der Waals surface area contributed by atoms with E-state index in [2.05, 4.69) is 16.9 Å². The van der Waals surface area contributed by atoms with E-state index in [0.29, 0.717) is 11.4 Å². The van der Waals surface area contributed by atoms with Gasteiger partial charge in [0.05, 0.1) is 17.1 Å². The molecular weight excluding hydrogens is 212 g/mol. The van der Waals surface area contributed by atoms with E-state index < -0.39 is 0 Å². The molecule has 1 aromatic heterocycles. The van der Waals surface area contributed by atoms with Crippen LogP contribution in [0.3, 0.4) is 0 Å². The average Bonchev–Trinajstić information content (AvgIpc) is 2.33. The summed E-state index contributed by atoms with van der Waals surface area (Å²) >= 11 is 0. The van der Waals surface area contributed by atoms with Crippen molar-refractivity contribution in [3.05, 3.63) is 36.3 Å². The Hall–Kier alpha value is -2.10. The first kappa shape index (κ1) is 11.4. The molecule has 0 unspecified atom stereocenters. The molecule has 0 radical (unpaired) electrons. The summed E-state index contributed by atoms with van der Waals surface area (Å²) in [7, 11) is 0. The van der Waals surface area contributed by atoms with E-state index in [-0.39, 0.29) is 0 Å². The largest absolute Gasteiger partial charge is 0.397 e. The topological polar surface area (TPSA) is 77.8 Å². The fourth-order valence-corrected chi connectivity index (χ4v) is 1.70. The number of benzene rings is 1. The lowest BCUT2D eigenvalue weighted by molar-refractivity contribution is 0.836. The fraction of sp³-hybridized carbons (Fsp3) is 0.231. The van der Waals surface area contributed by atoms with Crippen molar-refractivity contribution in [2.75, 3.05) is 11.5 Å². The first-order valence-electron chi connectivity index (χ1n) is 5.68. The highest BCUT2D eigenvalue weighted by atomic mass is 14.9. The average molecular weight is 228 g/mol. The van der Waals surface area contributed by atoms with Crippen LogP contribution >= 0.6 is 0 Å². The van der Waals surface area contributed by atoms with Gasteiger partial charge in [0.25, 0.3) is 0 Å². The lowest BCUT2D eigenvalue weighted by Crippen LogP contribution is -2.00. The van der Waals surface area contributed by atoms with Crippen LogP contribution in [0, 0.1) is 0 Å². The number of hydrogen-bond donors (Lipinski definition) is 2. The molecule has 0 aliphatic carbocycles. The third kappa shape index (κ3) is 2.36. The lowest BCUT2D eigenvalue weighted by Gasteiger charge is -2.08. The molecule has 4 nitrogen and oxygen atoms in total. The molecule has 0 saturated heterocycles. The molecule has 0 amide bonds. The maximum Gasteiger partial charge on any atom is 0.128 e. The second kappa shape index (κ2) is 4.82. The first-order chi connectivity index (χ1) is 8.22. The zero-order chi connectivity index (χ0) is 12.3. The van der Waals surface area contributed by atoms with Crippen molar-refractivity contribution in [3.63, 3.8) is 0 Å². The predicted molar refractivity (Wildman–Crippen MR) is 70.3 cm³/mol. The summed E-state index contributed by atoms with van der Waals surface area (Å²) in [4.78, 5) is 8.71. The van der Waals surface area contributed by atoms with Crippen molar-refractivity contribution in [2.24, 2.45) is 0 Å². The van der Waals surface area contributed by atoms with Gasteiger partial charge in [0.2, 0.25) is 0 Å². The number of nitrogens with two attached hydrogens (primary N) is 2. The van der Waals surface area contributed by atoms with E-state index in [4.69, 9.17) is 11.5 Å². The Morgan fingerprint density at radius 3 is 2.76 bits per heavy atom. The Morgan fingerprint density at radius 1 is 1.18 bits per heavy atom. The Morgan fingerprint density at radius 2 is 2.00 bits per heavy atom. The summed E-state index contributed by atoms with van der Waals surface area (Å²) in [6.07, 6.45) is 3.65. The minimum absolute atomic E-state index is 0.577. The van der Waals surface area contributed by atoms with E-state index in [1.165, 1.54) is 0 Å². The summed E-state index contributed by atoms with van der Waals surface area (Å²) in [6.45, 7) is 2.10. The van der Waals surface area contributed by atoms with Gasteiger partial charge in [-0.1, -0.05) is 19.1 Å². The maximum atomic E-state index is 5.95. The molecule has 1 aromatic carbocycles. The molecule has 17 heavy (non-hydrogen) atoms. The number of aromatic nitrogens is 2. The number of aryl methyl sites for hydroxylation is 1. The second-order valence-corrected chi connectivity index (χ2v) is 3.92. The van der Waals surface area contributed by atoms with Crippen LogP contribution in [0.25, 0.3) is 11.3 Å². The molecule has 0 fully saturated rings. The van der Waals surface area contributed by atoms with Crippen LogP contribution in [-0.2, 0) is 6.42 Å². The van der Waals surface area contributed by atoms with Gasteiger partial charge in [-0.25, -0.2) is 9.97 Å². The highest BCUT2D eigenvalue weighted by molar-refractivity contribution is 5.82. The number of para-hydroxylation sites is 1. The molecule has 1 heterocycles. The highest BCUT2D eigenvalue weighted by Crippen LogP contribution is 2.28. The number of anilines is 2. The van der Waals surface area contributed by atoms with Gasteiger partial charge in [-0.15, -0.1) is 0 Å². The molecule has 0 bridgehead atoms. The summed E-state index contributed by atoms with van der Waals surface area (Å²) in [6, 6.07) is 7.43. The van der Waals surface area contributed by atoms with Crippen LogP contribution in [-0.4, -0.2) is 9.97 Å². The molecule has 4 N–H and O–H groups in total. The molecule has 0 atom stereocenters. The third-order valence-electron chi connectivity index (χ3n) is 2.59. The van der Waals surface area contributed by atoms with Crippen molar-refractivity contribution < 1.29 is 0 Å². The molecule has 2 aromatic rings. The minimum Gasteiger partial charge on any atom is -0.397 e. The van der Waals surface area contributed by atoms with Crippen LogP contribution in [0.1, 0.15) is 19.2 Å². The zero-order valence-electron chi connectivity index (χ0n) is 9.85. The van der Waals surface area contributed by atoms with Gasteiger partial charge in [-0.3, -0.25) is 0 Å². The van der Waals surface area contributed by atoms with Crippen molar-refractivity contribution in [1.82, 2.24) is 9.97 Å². The third-order valence-corrected chi connectivity index (χ3v) is 2.59. The molecule has 2 rings (SSSR count). The number of nitrogens with zero attached hydrogens (tertiary/aromatic N) is 2. The molecule has 0 aliphatic heterocycles. The quantitative estimate of drug-likeness (QED) is 0.790. The molecule has 88 valence electrons. The zero-order valence-corrected chi connectivity index (χ0v) is 9.85. The molecular formula is C13H16N4. The van der Waals surface area contributed by atoms with Crippen LogP contribution in [0.2, 0.25) is 0 Å². The monoisotopic (exact) mass is 228 g/mol. The van der Waals surface area contributed by atoms with Gasteiger partial charge in [0.1, 0.15) is 5.82 Å². The molecule has 4 heteroatoms. The van der Waals surface area contributed by atoms with Gasteiger partial charge in [0, 0.05) is 18.2 Å². The lowest BCUT2D eigenvalue weighted by atomic mass is 10.1.